The summed E-state index contributed by atoms with van der Waals surface area (Å²) in [6.45, 7) is 10.0. The number of nitrogens with two attached hydrogens (primary N) is 1. The fourth-order valence-electron chi connectivity index (χ4n) is 1.28. The summed E-state index contributed by atoms with van der Waals surface area (Å²) in [7, 11) is 0. The van der Waals surface area contributed by atoms with Crippen molar-refractivity contribution in [3.8, 4) is 0 Å². The highest BCUT2D eigenvalue weighted by atomic mass is 32.2. The SMILES string of the molecule is CC(C)CCNSc1ccc(N)cc1.CC(C)CCO. The lowest BCUT2D eigenvalue weighted by Crippen LogP contribution is -2.07. The van der Waals surface area contributed by atoms with Gasteiger partial charge in [-0.2, -0.15) is 0 Å². The Morgan fingerprint density at radius 3 is 2.00 bits per heavy atom. The molecule has 0 amide bonds. The third-order valence-corrected chi connectivity index (χ3v) is 3.46. The van der Waals surface area contributed by atoms with Crippen LogP contribution in [0.15, 0.2) is 29.2 Å². The lowest BCUT2D eigenvalue weighted by atomic mass is 10.1. The van der Waals surface area contributed by atoms with Crippen LogP contribution >= 0.6 is 11.9 Å². The van der Waals surface area contributed by atoms with Crippen LogP contribution in [0.2, 0.25) is 0 Å². The van der Waals surface area contributed by atoms with Gasteiger partial charge in [-0.25, -0.2) is 0 Å². The summed E-state index contributed by atoms with van der Waals surface area (Å²) in [5, 5.41) is 8.24. The van der Waals surface area contributed by atoms with Crippen LogP contribution in [0, 0.1) is 11.8 Å². The number of aliphatic hydroxyl groups excluding tert-OH is 1. The van der Waals surface area contributed by atoms with Gasteiger partial charge in [-0.1, -0.05) is 27.7 Å². The molecule has 3 nitrogen and oxygen atoms in total. The van der Waals surface area contributed by atoms with Gasteiger partial charge in [-0.15, -0.1) is 0 Å². The van der Waals surface area contributed by atoms with Crippen molar-refractivity contribution in [2.45, 2.75) is 45.4 Å². The van der Waals surface area contributed by atoms with Crippen LogP contribution in [0.3, 0.4) is 0 Å². The van der Waals surface area contributed by atoms with E-state index in [1.54, 1.807) is 11.9 Å². The molecule has 0 saturated heterocycles. The van der Waals surface area contributed by atoms with Gasteiger partial charge in [0, 0.05) is 23.7 Å². The van der Waals surface area contributed by atoms with Gasteiger partial charge in [-0.3, -0.25) is 4.72 Å². The topological polar surface area (TPSA) is 58.3 Å². The first-order valence-electron chi connectivity index (χ1n) is 7.31. The zero-order valence-corrected chi connectivity index (χ0v) is 14.0. The van der Waals surface area contributed by atoms with Crippen molar-refractivity contribution in [3.63, 3.8) is 0 Å². The second-order valence-corrected chi connectivity index (χ2v) is 6.62. The van der Waals surface area contributed by atoms with Crippen molar-refractivity contribution in [3.05, 3.63) is 24.3 Å². The Morgan fingerprint density at radius 1 is 1.05 bits per heavy atom. The monoisotopic (exact) mass is 298 g/mol. The van der Waals surface area contributed by atoms with E-state index >= 15 is 0 Å². The highest BCUT2D eigenvalue weighted by molar-refractivity contribution is 7.97. The van der Waals surface area contributed by atoms with E-state index < -0.39 is 0 Å². The third kappa shape index (κ3) is 12.3. The minimum absolute atomic E-state index is 0.331. The molecule has 1 rings (SSSR count). The van der Waals surface area contributed by atoms with Crippen LogP contribution in [0.1, 0.15) is 40.5 Å². The number of hydrogen-bond acceptors (Lipinski definition) is 4. The Morgan fingerprint density at radius 2 is 1.60 bits per heavy atom. The van der Waals surface area contributed by atoms with Crippen molar-refractivity contribution in [2.24, 2.45) is 11.8 Å². The minimum Gasteiger partial charge on any atom is -0.399 e. The van der Waals surface area contributed by atoms with Crippen molar-refractivity contribution in [1.29, 1.82) is 0 Å². The maximum absolute atomic E-state index is 8.24. The molecule has 4 N–H and O–H groups in total. The smallest absolute Gasteiger partial charge is 0.0433 e. The maximum Gasteiger partial charge on any atom is 0.0433 e. The van der Waals surface area contributed by atoms with E-state index in [-0.39, 0.29) is 0 Å². The first kappa shape index (κ1) is 19.3. The zero-order chi connectivity index (χ0) is 15.4. The molecule has 0 atom stereocenters. The number of nitrogens with one attached hydrogen (secondary N) is 1. The Bertz CT molecular complexity index is 326. The summed E-state index contributed by atoms with van der Waals surface area (Å²) in [6.07, 6.45) is 2.14. The van der Waals surface area contributed by atoms with Gasteiger partial charge < -0.3 is 10.8 Å². The molecule has 0 aliphatic rings. The summed E-state index contributed by atoms with van der Waals surface area (Å²) in [5.41, 5.74) is 6.41. The maximum atomic E-state index is 8.24. The molecule has 0 saturated carbocycles. The molecule has 0 aromatic heterocycles. The number of nitrogen functional groups attached to an aromatic ring is 1. The quantitative estimate of drug-likeness (QED) is 0.405. The predicted octanol–water partition coefficient (Wildman–Crippen LogP) is 3.94. The molecule has 0 aliphatic carbocycles. The molecular formula is C16H30N2OS. The Hall–Kier alpha value is -0.710. The van der Waals surface area contributed by atoms with Crippen LogP contribution < -0.4 is 10.5 Å². The molecule has 20 heavy (non-hydrogen) atoms. The van der Waals surface area contributed by atoms with Gasteiger partial charge >= 0.3 is 0 Å². The molecule has 0 radical (unpaired) electrons. The van der Waals surface area contributed by atoms with Gasteiger partial charge in [0.25, 0.3) is 0 Å². The second kappa shape index (κ2) is 12.1. The van der Waals surface area contributed by atoms with E-state index in [9.17, 15) is 0 Å². The van der Waals surface area contributed by atoms with E-state index in [2.05, 4.69) is 32.4 Å². The average molecular weight is 298 g/mol. The highest BCUT2D eigenvalue weighted by Gasteiger charge is 1.95. The van der Waals surface area contributed by atoms with Crippen molar-refractivity contribution in [2.75, 3.05) is 18.9 Å². The lowest BCUT2D eigenvalue weighted by Gasteiger charge is -2.06. The summed E-state index contributed by atoms with van der Waals surface area (Å²) in [4.78, 5) is 1.21. The van der Waals surface area contributed by atoms with Crippen molar-refractivity contribution in [1.82, 2.24) is 4.72 Å². The number of aliphatic hydroxyl groups is 1. The Kier molecular flexibility index (Phi) is 11.6. The molecule has 1 aromatic rings. The summed E-state index contributed by atoms with van der Waals surface area (Å²) in [5.74, 6) is 1.41. The van der Waals surface area contributed by atoms with E-state index in [0.717, 1.165) is 24.6 Å². The van der Waals surface area contributed by atoms with Gasteiger partial charge in [0.1, 0.15) is 0 Å². The fourth-order valence-corrected chi connectivity index (χ4v) is 1.93. The van der Waals surface area contributed by atoms with Gasteiger partial charge in [0.2, 0.25) is 0 Å². The molecule has 0 spiro atoms. The molecule has 4 heteroatoms. The largest absolute Gasteiger partial charge is 0.399 e. The Balaban J connectivity index is 0.000000511. The molecule has 0 fully saturated rings. The van der Waals surface area contributed by atoms with Gasteiger partial charge in [0.05, 0.1) is 0 Å². The summed E-state index contributed by atoms with van der Waals surface area (Å²) < 4.78 is 3.33. The number of benzene rings is 1. The molecule has 0 bridgehead atoms. The average Bonchev–Trinajstić information content (AvgIpc) is 2.37. The van der Waals surface area contributed by atoms with E-state index in [1.165, 1.54) is 11.3 Å². The predicted molar refractivity (Wildman–Crippen MR) is 90.7 cm³/mol. The van der Waals surface area contributed by atoms with Gasteiger partial charge in [0.15, 0.2) is 0 Å². The number of rotatable bonds is 7. The Labute approximate surface area is 128 Å². The van der Waals surface area contributed by atoms with E-state index in [1.807, 2.05) is 24.3 Å². The molecular weight excluding hydrogens is 268 g/mol. The lowest BCUT2D eigenvalue weighted by molar-refractivity contribution is 0.268. The van der Waals surface area contributed by atoms with E-state index in [0.29, 0.717) is 12.5 Å². The van der Waals surface area contributed by atoms with Crippen molar-refractivity contribution < 1.29 is 5.11 Å². The molecule has 0 aliphatic heterocycles. The molecule has 116 valence electrons. The molecule has 0 heterocycles. The summed E-state index contributed by atoms with van der Waals surface area (Å²) in [6, 6.07) is 7.91. The standard InChI is InChI=1S/C11H18N2S.C5H12O/c1-9(2)7-8-13-14-11-5-3-10(12)4-6-11;1-5(2)3-4-6/h3-6,9,13H,7-8,12H2,1-2H3;5-6H,3-4H2,1-2H3. The van der Waals surface area contributed by atoms with Crippen LogP contribution in [0.5, 0.6) is 0 Å². The van der Waals surface area contributed by atoms with Crippen LogP contribution in [-0.4, -0.2) is 18.3 Å². The first-order chi connectivity index (χ1) is 9.45. The normalized spacial score (nSPS) is 10.6. The first-order valence-corrected chi connectivity index (χ1v) is 8.13. The van der Waals surface area contributed by atoms with E-state index in [4.69, 9.17) is 10.8 Å². The second-order valence-electron chi connectivity index (χ2n) is 5.65. The fraction of sp³-hybridized carbons (Fsp3) is 0.625. The zero-order valence-electron chi connectivity index (χ0n) is 13.2. The third-order valence-electron chi connectivity index (χ3n) is 2.60. The van der Waals surface area contributed by atoms with Crippen LogP contribution in [0.25, 0.3) is 0 Å². The highest BCUT2D eigenvalue weighted by Crippen LogP contribution is 2.16. The van der Waals surface area contributed by atoms with Crippen molar-refractivity contribution >= 4 is 17.6 Å². The van der Waals surface area contributed by atoms with Crippen LogP contribution in [0.4, 0.5) is 5.69 Å². The molecule has 0 unspecified atom stereocenters. The number of anilines is 1. The minimum atomic E-state index is 0.331. The van der Waals surface area contributed by atoms with Crippen LogP contribution in [-0.2, 0) is 0 Å². The summed E-state index contributed by atoms with van der Waals surface area (Å²) >= 11 is 1.67. The van der Waals surface area contributed by atoms with Gasteiger partial charge in [-0.05, 0) is 60.9 Å². The molecule has 1 aromatic carbocycles. The number of hydrogen-bond donors (Lipinski definition) is 3.